The third-order valence-electron chi connectivity index (χ3n) is 6.51. The number of halogens is 1. The first kappa shape index (κ1) is 24.4. The first-order chi connectivity index (χ1) is 16.9. The molecule has 4 nitrogen and oxygen atoms in total. The summed E-state index contributed by atoms with van der Waals surface area (Å²) in [5, 5.41) is 3.07. The summed E-state index contributed by atoms with van der Waals surface area (Å²) < 4.78 is 16.1. The molecule has 0 saturated carbocycles. The van der Waals surface area contributed by atoms with Crippen LogP contribution in [-0.4, -0.2) is 16.8 Å². The van der Waals surface area contributed by atoms with Gasteiger partial charge >= 0.3 is 0 Å². The molecule has 1 aliphatic carbocycles. The minimum atomic E-state index is -0.557. The van der Waals surface area contributed by atoms with Crippen molar-refractivity contribution in [3.05, 3.63) is 102 Å². The van der Waals surface area contributed by atoms with Gasteiger partial charge in [-0.1, -0.05) is 75.4 Å². The maximum Gasteiger partial charge on any atom is 0.258 e. The van der Waals surface area contributed by atoms with E-state index in [1.165, 1.54) is 6.08 Å². The van der Waals surface area contributed by atoms with Crippen LogP contribution in [0.1, 0.15) is 61.3 Å². The molecule has 1 heterocycles. The lowest BCUT2D eigenvalue weighted by Crippen LogP contribution is -2.26. The number of hydrogen-bond donors (Lipinski definition) is 1. The molecule has 0 bridgehead atoms. The van der Waals surface area contributed by atoms with E-state index >= 15 is 0 Å². The number of hydrogen-bond acceptors (Lipinski definition) is 2. The predicted octanol–water partition coefficient (Wildman–Crippen LogP) is 7.19. The van der Waals surface area contributed by atoms with Gasteiger partial charge in [0, 0.05) is 41.0 Å². The third kappa shape index (κ3) is 4.90. The number of nitrogens with zero attached hydrogens (tertiary/aromatic N) is 1. The monoisotopic (exact) mass is 470 g/mol. The number of allylic oxidation sites excluding steroid dienone is 4. The number of carbonyl (C=O) groups excluding carboxylic acids is 2. The van der Waals surface area contributed by atoms with Gasteiger partial charge in [-0.2, -0.15) is 0 Å². The number of aldehydes is 1. The van der Waals surface area contributed by atoms with Crippen LogP contribution in [0.2, 0.25) is 0 Å². The molecular weight excluding hydrogens is 439 g/mol. The topological polar surface area (TPSA) is 51.1 Å². The summed E-state index contributed by atoms with van der Waals surface area (Å²) in [7, 11) is 0. The first-order valence-corrected chi connectivity index (χ1v) is 12.0. The highest BCUT2D eigenvalue weighted by atomic mass is 19.1. The smallest absolute Gasteiger partial charge is 0.258 e. The van der Waals surface area contributed by atoms with Gasteiger partial charge in [0.2, 0.25) is 0 Å². The minimum absolute atomic E-state index is 0.0119. The number of carbonyl (C=O) groups is 2. The predicted molar refractivity (Wildman–Crippen MR) is 139 cm³/mol. The van der Waals surface area contributed by atoms with Crippen molar-refractivity contribution in [3.8, 4) is 11.1 Å². The highest BCUT2D eigenvalue weighted by molar-refractivity contribution is 6.10. The molecule has 4 rings (SSSR count). The van der Waals surface area contributed by atoms with Gasteiger partial charge in [0.1, 0.15) is 12.1 Å². The van der Waals surface area contributed by atoms with E-state index in [4.69, 9.17) is 0 Å². The molecule has 0 spiro atoms. The largest absolute Gasteiger partial charge is 0.346 e. The molecular formula is C30H31FN2O2. The van der Waals surface area contributed by atoms with E-state index in [9.17, 15) is 14.0 Å². The van der Waals surface area contributed by atoms with Crippen LogP contribution in [0.4, 0.5) is 10.1 Å². The van der Waals surface area contributed by atoms with E-state index < -0.39 is 5.41 Å². The fourth-order valence-electron chi connectivity index (χ4n) is 4.96. The molecule has 1 atom stereocenters. The Balaban J connectivity index is 2.03. The summed E-state index contributed by atoms with van der Waals surface area (Å²) in [6.07, 6.45) is 6.64. The van der Waals surface area contributed by atoms with Crippen LogP contribution >= 0.6 is 0 Å². The second-order valence-corrected chi connectivity index (χ2v) is 9.48. The second kappa shape index (κ2) is 10.3. The number of amides is 1. The van der Waals surface area contributed by atoms with Gasteiger partial charge in [0.15, 0.2) is 0 Å². The van der Waals surface area contributed by atoms with Crippen molar-refractivity contribution in [1.29, 1.82) is 0 Å². The van der Waals surface area contributed by atoms with Crippen molar-refractivity contribution in [1.82, 2.24) is 4.57 Å². The van der Waals surface area contributed by atoms with E-state index in [0.717, 1.165) is 28.8 Å². The molecule has 0 fully saturated rings. The Morgan fingerprint density at radius 3 is 2.34 bits per heavy atom. The molecule has 2 aromatic carbocycles. The number of para-hydroxylation sites is 1. The number of rotatable bonds is 8. The van der Waals surface area contributed by atoms with E-state index in [0.29, 0.717) is 30.6 Å². The van der Waals surface area contributed by atoms with Gasteiger partial charge in [0.05, 0.1) is 5.56 Å². The molecule has 1 aliphatic rings. The second-order valence-electron chi connectivity index (χ2n) is 9.48. The maximum absolute atomic E-state index is 14.0. The third-order valence-corrected chi connectivity index (χ3v) is 6.51. The van der Waals surface area contributed by atoms with Crippen LogP contribution in [0, 0.1) is 0 Å². The summed E-state index contributed by atoms with van der Waals surface area (Å²) in [6.45, 7) is 6.63. The van der Waals surface area contributed by atoms with Crippen molar-refractivity contribution in [2.24, 2.45) is 0 Å². The Morgan fingerprint density at radius 2 is 1.77 bits per heavy atom. The quantitative estimate of drug-likeness (QED) is 0.354. The van der Waals surface area contributed by atoms with E-state index in [-0.39, 0.29) is 17.7 Å². The summed E-state index contributed by atoms with van der Waals surface area (Å²) in [4.78, 5) is 25.4. The van der Waals surface area contributed by atoms with Crippen molar-refractivity contribution in [2.75, 3.05) is 5.32 Å². The molecule has 0 aliphatic heterocycles. The Kier molecular flexibility index (Phi) is 7.15. The highest BCUT2D eigenvalue weighted by Gasteiger charge is 2.38. The molecule has 1 amide bonds. The Labute approximate surface area is 206 Å². The number of benzene rings is 2. The fraction of sp³-hybridized carbons (Fsp3) is 0.267. The summed E-state index contributed by atoms with van der Waals surface area (Å²) in [5.41, 5.74) is 4.29. The first-order valence-electron chi connectivity index (χ1n) is 12.0. The molecule has 5 heteroatoms. The Morgan fingerprint density at radius 1 is 1.11 bits per heavy atom. The molecule has 1 unspecified atom stereocenters. The van der Waals surface area contributed by atoms with Gasteiger partial charge in [0.25, 0.3) is 5.91 Å². The summed E-state index contributed by atoms with van der Waals surface area (Å²) >= 11 is 0. The van der Waals surface area contributed by atoms with Crippen LogP contribution in [-0.2, 0) is 16.8 Å². The molecule has 35 heavy (non-hydrogen) atoms. The van der Waals surface area contributed by atoms with Crippen molar-refractivity contribution in [3.63, 3.8) is 0 Å². The zero-order chi connectivity index (χ0) is 25.0. The molecule has 3 aromatic rings. The zero-order valence-corrected chi connectivity index (χ0v) is 20.4. The standard InChI is InChI=1S/C30H31FN2O2/c1-21(2)27-26(29(35)32-24-13-8-5-9-14-24)25(22-11-6-4-7-12-22)28(33(27)19-10-20-34)30(3)17-15-23(31)16-18-30/h4-9,11-17,20-21H,10,18-19H2,1-3H3,(H,32,35). The highest BCUT2D eigenvalue weighted by Crippen LogP contribution is 2.46. The lowest BCUT2D eigenvalue weighted by Gasteiger charge is -2.31. The molecule has 0 saturated heterocycles. The Bertz CT molecular complexity index is 1270. The lowest BCUT2D eigenvalue weighted by atomic mass is 9.77. The van der Waals surface area contributed by atoms with Crippen LogP contribution in [0.15, 0.2) is 84.7 Å². The maximum atomic E-state index is 14.0. The van der Waals surface area contributed by atoms with Gasteiger partial charge < -0.3 is 14.7 Å². The van der Waals surface area contributed by atoms with Gasteiger partial charge in [-0.3, -0.25) is 4.79 Å². The Hall–Kier alpha value is -3.73. The molecule has 0 radical (unpaired) electrons. The molecule has 1 aromatic heterocycles. The van der Waals surface area contributed by atoms with Crippen LogP contribution < -0.4 is 5.32 Å². The van der Waals surface area contributed by atoms with Crippen LogP contribution in [0.25, 0.3) is 11.1 Å². The van der Waals surface area contributed by atoms with E-state index in [1.807, 2.05) is 66.7 Å². The average Bonchev–Trinajstić information content (AvgIpc) is 3.22. The van der Waals surface area contributed by atoms with Crippen molar-refractivity contribution in [2.45, 2.75) is 51.5 Å². The molecule has 1 N–H and O–H groups in total. The number of aromatic nitrogens is 1. The minimum Gasteiger partial charge on any atom is -0.346 e. The SMILES string of the molecule is CC(C)c1c(C(=O)Nc2ccccc2)c(-c2ccccc2)c(C2(C)C=CC(F)=CC2)n1CCC=O. The summed E-state index contributed by atoms with van der Waals surface area (Å²) in [5.74, 6) is -0.450. The normalized spacial score (nSPS) is 17.3. The average molecular weight is 471 g/mol. The van der Waals surface area contributed by atoms with Crippen LogP contribution in [0.5, 0.6) is 0 Å². The van der Waals surface area contributed by atoms with Gasteiger partial charge in [-0.15, -0.1) is 0 Å². The molecule has 180 valence electrons. The summed E-state index contributed by atoms with van der Waals surface area (Å²) in [6, 6.07) is 19.2. The zero-order valence-electron chi connectivity index (χ0n) is 20.4. The van der Waals surface area contributed by atoms with E-state index in [2.05, 4.69) is 30.7 Å². The van der Waals surface area contributed by atoms with Crippen molar-refractivity contribution < 1.29 is 14.0 Å². The number of nitrogens with one attached hydrogen (secondary N) is 1. The fourth-order valence-corrected chi connectivity index (χ4v) is 4.96. The lowest BCUT2D eigenvalue weighted by molar-refractivity contribution is -0.108. The van der Waals surface area contributed by atoms with Gasteiger partial charge in [-0.25, -0.2) is 4.39 Å². The van der Waals surface area contributed by atoms with E-state index in [1.54, 1.807) is 6.08 Å². The van der Waals surface area contributed by atoms with Crippen LogP contribution in [0.3, 0.4) is 0 Å². The van der Waals surface area contributed by atoms with Crippen molar-refractivity contribution >= 4 is 17.9 Å². The van der Waals surface area contributed by atoms with Gasteiger partial charge in [-0.05, 0) is 42.2 Å². The number of anilines is 1.